The zero-order valence-electron chi connectivity index (χ0n) is 56.2. The van der Waals surface area contributed by atoms with Gasteiger partial charge in [0.25, 0.3) is 0 Å². The number of carbonyl (C=O) groups excluding carboxylic acids is 2. The molecule has 1 aliphatic heterocycles. The summed E-state index contributed by atoms with van der Waals surface area (Å²) < 4.78 is 16.7. The third-order valence-corrected chi connectivity index (χ3v) is 17.0. The van der Waals surface area contributed by atoms with Gasteiger partial charge in [0.1, 0.15) is 24.4 Å². The van der Waals surface area contributed by atoms with Crippen LogP contribution in [-0.2, 0) is 23.8 Å². The van der Waals surface area contributed by atoms with Gasteiger partial charge in [-0.05, 0) is 109 Å². The van der Waals surface area contributed by atoms with E-state index >= 15 is 0 Å². The first-order valence-corrected chi connectivity index (χ1v) is 36.7. The molecule has 0 bridgehead atoms. The highest BCUT2D eigenvalue weighted by Gasteiger charge is 2.44. The van der Waals surface area contributed by atoms with Crippen LogP contribution in [0.5, 0.6) is 0 Å². The van der Waals surface area contributed by atoms with Crippen LogP contribution in [0.1, 0.15) is 335 Å². The molecule has 506 valence electrons. The van der Waals surface area contributed by atoms with E-state index in [9.17, 15) is 35.1 Å². The van der Waals surface area contributed by atoms with E-state index in [4.69, 9.17) is 14.2 Å². The molecule has 1 amide bonds. The van der Waals surface area contributed by atoms with E-state index in [1.165, 1.54) is 231 Å². The molecule has 0 aromatic rings. The zero-order valence-corrected chi connectivity index (χ0v) is 56.2. The monoisotopic (exact) mass is 1220 g/mol. The molecule has 11 heteroatoms. The molecule has 0 aliphatic carbocycles. The minimum absolute atomic E-state index is 0.00164. The number of unbranched alkanes of at least 4 members (excludes halogenated alkanes) is 40. The Bertz CT molecular complexity index is 1680. The maximum Gasteiger partial charge on any atom is 0.305 e. The van der Waals surface area contributed by atoms with Crippen LogP contribution >= 0.6 is 0 Å². The van der Waals surface area contributed by atoms with Crippen molar-refractivity contribution in [2.24, 2.45) is 0 Å². The molecule has 7 unspecified atom stereocenters. The van der Waals surface area contributed by atoms with Gasteiger partial charge >= 0.3 is 5.97 Å². The molecule has 1 rings (SSSR count). The van der Waals surface area contributed by atoms with Gasteiger partial charge in [-0.1, -0.05) is 286 Å². The van der Waals surface area contributed by atoms with Gasteiger partial charge in [-0.25, -0.2) is 0 Å². The average Bonchev–Trinajstić information content (AvgIpc) is 2.05. The topological polar surface area (TPSA) is 175 Å². The fourth-order valence-electron chi connectivity index (χ4n) is 11.3. The molecule has 0 aromatic carbocycles. The first-order valence-electron chi connectivity index (χ1n) is 36.7. The number of aliphatic hydroxyl groups is 5. The van der Waals surface area contributed by atoms with Crippen LogP contribution in [0.25, 0.3) is 0 Å². The predicted molar refractivity (Wildman–Crippen MR) is 366 cm³/mol. The quantitative estimate of drug-likeness (QED) is 0.0195. The van der Waals surface area contributed by atoms with Crippen LogP contribution in [0.4, 0.5) is 0 Å². The normalized spacial score (nSPS) is 18.3. The third-order valence-electron chi connectivity index (χ3n) is 17.0. The number of hydrogen-bond donors (Lipinski definition) is 6. The summed E-state index contributed by atoms with van der Waals surface area (Å²) >= 11 is 0. The number of nitrogens with one attached hydrogen (secondary N) is 1. The van der Waals surface area contributed by atoms with Crippen LogP contribution in [0.15, 0.2) is 72.9 Å². The third kappa shape index (κ3) is 53.5. The Kier molecular flexibility index (Phi) is 61.0. The first-order chi connectivity index (χ1) is 42.7. The van der Waals surface area contributed by atoms with Crippen molar-refractivity contribution >= 4 is 11.9 Å². The van der Waals surface area contributed by atoms with E-state index in [-0.39, 0.29) is 18.5 Å². The molecule has 11 nitrogen and oxygen atoms in total. The van der Waals surface area contributed by atoms with E-state index < -0.39 is 49.5 Å². The molecule has 1 heterocycles. The van der Waals surface area contributed by atoms with Crippen LogP contribution in [-0.4, -0.2) is 100 Å². The summed E-state index contributed by atoms with van der Waals surface area (Å²) in [5.41, 5.74) is 0. The van der Waals surface area contributed by atoms with Crippen molar-refractivity contribution in [3.05, 3.63) is 72.9 Å². The van der Waals surface area contributed by atoms with Gasteiger partial charge in [0, 0.05) is 12.8 Å². The Morgan fingerprint density at radius 2 is 0.816 bits per heavy atom. The summed E-state index contributed by atoms with van der Waals surface area (Å²) in [5, 5.41) is 54.3. The number of esters is 1. The Morgan fingerprint density at radius 1 is 0.437 bits per heavy atom. The van der Waals surface area contributed by atoms with E-state index in [1.54, 1.807) is 6.08 Å². The molecule has 1 aliphatic rings. The second-order valence-corrected chi connectivity index (χ2v) is 25.2. The van der Waals surface area contributed by atoms with Gasteiger partial charge in [-0.3, -0.25) is 9.59 Å². The summed E-state index contributed by atoms with van der Waals surface area (Å²) in [4.78, 5) is 25.1. The maximum atomic E-state index is 13.0. The standard InChI is InChI=1S/C76H137NO10/c1-3-5-7-9-11-13-15-16-17-18-35-38-41-44-48-52-56-60-64-72(81)85-65-61-57-53-49-45-42-39-36-33-31-29-27-25-23-21-19-20-22-24-26-28-30-32-34-37-40-43-47-51-55-59-63-71(80)77-68(67-86-76-75(84)74(83)73(82)70(66-78)87-76)69(79)62-58-54-50-46-14-12-10-8-6-4-2/h6,8,14,17-18,21,23,27,29,46,58,62,68-70,73-76,78-79,82-84H,3-5,7,9-13,15-16,19-20,22,24-26,28,30-45,47-57,59-61,63-67H2,1-2H3,(H,77,80)/b8-6+,18-17-,23-21-,29-27-,46-14+,62-58+. The lowest BCUT2D eigenvalue weighted by atomic mass is 9.99. The zero-order chi connectivity index (χ0) is 63.0. The van der Waals surface area contributed by atoms with Gasteiger partial charge < -0.3 is 45.1 Å². The highest BCUT2D eigenvalue weighted by molar-refractivity contribution is 5.76. The molecule has 6 N–H and O–H groups in total. The van der Waals surface area contributed by atoms with Gasteiger partial charge in [0.15, 0.2) is 6.29 Å². The van der Waals surface area contributed by atoms with E-state index in [1.807, 2.05) is 6.08 Å². The van der Waals surface area contributed by atoms with Crippen molar-refractivity contribution < 1.29 is 49.3 Å². The maximum absolute atomic E-state index is 13.0. The second kappa shape index (κ2) is 64.6. The highest BCUT2D eigenvalue weighted by atomic mass is 16.7. The average molecular weight is 1220 g/mol. The van der Waals surface area contributed by atoms with Gasteiger partial charge in [0.05, 0.1) is 32.0 Å². The van der Waals surface area contributed by atoms with E-state index in [0.29, 0.717) is 19.4 Å². The molecule has 0 aromatic heterocycles. The molecule has 1 fully saturated rings. The van der Waals surface area contributed by atoms with Crippen molar-refractivity contribution in [2.75, 3.05) is 19.8 Å². The van der Waals surface area contributed by atoms with Crippen molar-refractivity contribution in [1.29, 1.82) is 0 Å². The molecule has 0 saturated carbocycles. The number of rotatable bonds is 64. The van der Waals surface area contributed by atoms with Crippen molar-refractivity contribution in [2.45, 2.75) is 378 Å². The van der Waals surface area contributed by atoms with Crippen molar-refractivity contribution in [1.82, 2.24) is 5.32 Å². The summed E-state index contributed by atoms with van der Waals surface area (Å²) in [6, 6.07) is -0.835. The number of allylic oxidation sites excluding steroid dienone is 11. The smallest absolute Gasteiger partial charge is 0.305 e. The van der Waals surface area contributed by atoms with Crippen molar-refractivity contribution in [3.63, 3.8) is 0 Å². The van der Waals surface area contributed by atoms with Gasteiger partial charge in [-0.15, -0.1) is 0 Å². The lowest BCUT2D eigenvalue weighted by molar-refractivity contribution is -0.302. The number of hydrogen-bond acceptors (Lipinski definition) is 10. The van der Waals surface area contributed by atoms with Crippen molar-refractivity contribution in [3.8, 4) is 0 Å². The summed E-state index contributed by atoms with van der Waals surface area (Å²) in [6.45, 7) is 4.21. The molecule has 7 atom stereocenters. The van der Waals surface area contributed by atoms with Crippen LogP contribution < -0.4 is 5.32 Å². The SMILES string of the molecule is CC/C=C/CC/C=C/CC/C=C/C(O)C(COC1OC(CO)C(O)C(O)C1O)NC(=O)CCCCCCCCCCCCCCCCC/C=C\C/C=C\CCCCCCCCCCCOC(=O)CCCCCCCCC/C=C\CCCCCCCCC. The fraction of sp³-hybridized carbons (Fsp3) is 0.816. The Balaban J connectivity index is 1.92. The Hall–Kier alpha value is -2.90. The van der Waals surface area contributed by atoms with E-state index in [0.717, 1.165) is 77.0 Å². The van der Waals surface area contributed by atoms with Crippen LogP contribution in [0, 0.1) is 0 Å². The Labute approximate surface area is 534 Å². The molecule has 0 spiro atoms. The minimum Gasteiger partial charge on any atom is -0.466 e. The van der Waals surface area contributed by atoms with E-state index in [2.05, 4.69) is 79.9 Å². The number of carbonyl (C=O) groups is 2. The number of ether oxygens (including phenoxy) is 3. The lowest BCUT2D eigenvalue weighted by Crippen LogP contribution is -2.60. The largest absolute Gasteiger partial charge is 0.466 e. The molecular formula is C76H137NO10. The fourth-order valence-corrected chi connectivity index (χ4v) is 11.3. The van der Waals surface area contributed by atoms with Gasteiger partial charge in [-0.2, -0.15) is 0 Å². The first kappa shape index (κ1) is 82.1. The van der Waals surface area contributed by atoms with Crippen LogP contribution in [0.2, 0.25) is 0 Å². The molecule has 1 saturated heterocycles. The number of amides is 1. The number of aliphatic hydroxyl groups excluding tert-OH is 5. The second-order valence-electron chi connectivity index (χ2n) is 25.2. The molecular weight excluding hydrogens is 1090 g/mol. The predicted octanol–water partition coefficient (Wildman–Crippen LogP) is 19.1. The Morgan fingerprint density at radius 3 is 1.26 bits per heavy atom. The summed E-state index contributed by atoms with van der Waals surface area (Å²) in [7, 11) is 0. The molecule has 0 radical (unpaired) electrons. The molecule has 87 heavy (non-hydrogen) atoms. The highest BCUT2D eigenvalue weighted by Crippen LogP contribution is 2.23. The van der Waals surface area contributed by atoms with Crippen LogP contribution in [0.3, 0.4) is 0 Å². The minimum atomic E-state index is -1.58. The summed E-state index contributed by atoms with van der Waals surface area (Å²) in [5.74, 6) is -0.196. The summed E-state index contributed by atoms with van der Waals surface area (Å²) in [6.07, 6.45) is 77.8. The lowest BCUT2D eigenvalue weighted by Gasteiger charge is -2.40. The van der Waals surface area contributed by atoms with Gasteiger partial charge in [0.2, 0.25) is 5.91 Å².